The molecule has 4 rings (SSSR count). The number of aliphatic imine (C=N–C) groups is 1. The molecule has 2 atom stereocenters. The zero-order valence-electron chi connectivity index (χ0n) is 11.2. The van der Waals surface area contributed by atoms with Crippen molar-refractivity contribution in [1.29, 1.82) is 0 Å². The number of nitrogens with one attached hydrogen (secondary N) is 1. The zero-order chi connectivity index (χ0) is 12.3. The maximum atomic E-state index is 4.55. The van der Waals surface area contributed by atoms with Gasteiger partial charge < -0.3 is 5.32 Å². The molecule has 0 aromatic carbocycles. The second-order valence-electron chi connectivity index (χ2n) is 6.47. The van der Waals surface area contributed by atoms with Crippen LogP contribution in [0.4, 0.5) is 0 Å². The summed E-state index contributed by atoms with van der Waals surface area (Å²) in [5.74, 6) is 0.557. The summed E-state index contributed by atoms with van der Waals surface area (Å²) in [6, 6.07) is 0.582. The van der Waals surface area contributed by atoms with E-state index in [2.05, 4.69) is 42.5 Å². The summed E-state index contributed by atoms with van der Waals surface area (Å²) < 4.78 is 0. The van der Waals surface area contributed by atoms with E-state index in [1.807, 2.05) is 0 Å². The molecular formula is C16H20N2. The predicted molar refractivity (Wildman–Crippen MR) is 74.6 cm³/mol. The highest BCUT2D eigenvalue weighted by Gasteiger charge is 2.48. The molecule has 5 bridgehead atoms. The summed E-state index contributed by atoms with van der Waals surface area (Å²) in [6.45, 7) is 5.65. The first-order chi connectivity index (χ1) is 8.68. The molecule has 2 aliphatic heterocycles. The van der Waals surface area contributed by atoms with Gasteiger partial charge in [-0.05, 0) is 30.4 Å². The largest absolute Gasteiger partial charge is 0.384 e. The van der Waals surface area contributed by atoms with E-state index in [0.717, 1.165) is 6.54 Å². The number of allylic oxidation sites excluding steroid dienone is 4. The van der Waals surface area contributed by atoms with Crippen LogP contribution in [0.25, 0.3) is 0 Å². The Morgan fingerprint density at radius 3 is 3.11 bits per heavy atom. The lowest BCUT2D eigenvalue weighted by atomic mass is 9.75. The van der Waals surface area contributed by atoms with Gasteiger partial charge in [0.25, 0.3) is 0 Å². The molecule has 2 heterocycles. The van der Waals surface area contributed by atoms with E-state index in [0.29, 0.717) is 12.0 Å². The number of hydrogen-bond acceptors (Lipinski definition) is 2. The maximum absolute atomic E-state index is 4.55. The van der Waals surface area contributed by atoms with Crippen LogP contribution in [0.2, 0.25) is 0 Å². The van der Waals surface area contributed by atoms with Gasteiger partial charge >= 0.3 is 0 Å². The molecule has 1 N–H and O–H groups in total. The molecule has 0 saturated heterocycles. The Labute approximate surface area is 109 Å². The molecule has 0 radical (unpaired) electrons. The van der Waals surface area contributed by atoms with Gasteiger partial charge in [0.05, 0.1) is 6.54 Å². The third-order valence-electron chi connectivity index (χ3n) is 5.14. The van der Waals surface area contributed by atoms with Gasteiger partial charge in [-0.2, -0.15) is 0 Å². The third-order valence-corrected chi connectivity index (χ3v) is 5.14. The van der Waals surface area contributed by atoms with Crippen LogP contribution in [0, 0.1) is 11.3 Å². The number of fused-ring (bicyclic) bond motifs is 1. The Morgan fingerprint density at radius 2 is 2.22 bits per heavy atom. The van der Waals surface area contributed by atoms with Crippen molar-refractivity contribution in [1.82, 2.24) is 5.32 Å². The van der Waals surface area contributed by atoms with E-state index in [4.69, 9.17) is 0 Å². The Morgan fingerprint density at radius 1 is 1.33 bits per heavy atom. The summed E-state index contributed by atoms with van der Waals surface area (Å²) in [7, 11) is 0. The molecule has 0 aromatic rings. The van der Waals surface area contributed by atoms with Crippen molar-refractivity contribution in [3.63, 3.8) is 0 Å². The number of rotatable bonds is 0. The van der Waals surface area contributed by atoms with Gasteiger partial charge in [0.15, 0.2) is 0 Å². The first kappa shape index (κ1) is 10.6. The highest BCUT2D eigenvalue weighted by Crippen LogP contribution is 2.53. The molecule has 2 nitrogen and oxygen atoms in total. The Hall–Kier alpha value is -1.31. The average molecular weight is 240 g/mol. The van der Waals surface area contributed by atoms with Crippen LogP contribution >= 0.6 is 0 Å². The molecule has 0 amide bonds. The molecule has 0 spiro atoms. The van der Waals surface area contributed by atoms with E-state index in [1.165, 1.54) is 30.5 Å². The summed E-state index contributed by atoms with van der Waals surface area (Å²) in [6.07, 6.45) is 10.4. The lowest BCUT2D eigenvalue weighted by Gasteiger charge is -2.29. The van der Waals surface area contributed by atoms with Crippen molar-refractivity contribution in [2.75, 3.05) is 6.54 Å². The predicted octanol–water partition coefficient (Wildman–Crippen LogP) is 2.99. The van der Waals surface area contributed by atoms with Crippen LogP contribution in [0.5, 0.6) is 0 Å². The molecule has 0 aromatic heterocycles. The maximum Gasteiger partial charge on any atom is 0.0569 e. The van der Waals surface area contributed by atoms with E-state index in [-0.39, 0.29) is 5.41 Å². The molecule has 2 unspecified atom stereocenters. The number of nitrogens with zero attached hydrogens (tertiary/aromatic N) is 1. The topological polar surface area (TPSA) is 24.4 Å². The Balaban J connectivity index is 2.00. The van der Waals surface area contributed by atoms with Gasteiger partial charge in [0, 0.05) is 29.3 Å². The monoisotopic (exact) mass is 240 g/mol. The van der Waals surface area contributed by atoms with Crippen LogP contribution in [-0.4, -0.2) is 18.8 Å². The fraction of sp³-hybridized carbons (Fsp3) is 0.562. The molecule has 18 heavy (non-hydrogen) atoms. The van der Waals surface area contributed by atoms with Crippen molar-refractivity contribution in [3.8, 4) is 0 Å². The van der Waals surface area contributed by atoms with E-state index in [1.54, 1.807) is 11.1 Å². The van der Waals surface area contributed by atoms with Crippen molar-refractivity contribution in [2.24, 2.45) is 16.3 Å². The van der Waals surface area contributed by atoms with Gasteiger partial charge in [0.2, 0.25) is 0 Å². The molecule has 0 fully saturated rings. The quantitative estimate of drug-likeness (QED) is 0.691. The van der Waals surface area contributed by atoms with E-state index in [9.17, 15) is 0 Å². The highest BCUT2D eigenvalue weighted by molar-refractivity contribution is 5.71. The minimum Gasteiger partial charge on any atom is -0.384 e. The zero-order valence-corrected chi connectivity index (χ0v) is 11.2. The SMILES string of the molecule is CC1(C)C2=C3CCC4=C2C=CCN=CC4CC1N3. The summed E-state index contributed by atoms with van der Waals surface area (Å²) in [4.78, 5) is 4.55. The van der Waals surface area contributed by atoms with Crippen LogP contribution in [0.15, 0.2) is 39.6 Å². The molecular weight excluding hydrogens is 220 g/mol. The minimum absolute atomic E-state index is 0.271. The third kappa shape index (κ3) is 1.21. The lowest BCUT2D eigenvalue weighted by Crippen LogP contribution is -2.37. The van der Waals surface area contributed by atoms with Gasteiger partial charge in [-0.3, -0.25) is 4.99 Å². The first-order valence-electron chi connectivity index (χ1n) is 7.08. The van der Waals surface area contributed by atoms with Crippen molar-refractivity contribution >= 4 is 6.21 Å². The van der Waals surface area contributed by atoms with Crippen LogP contribution in [0.3, 0.4) is 0 Å². The molecule has 0 saturated carbocycles. The van der Waals surface area contributed by atoms with Crippen molar-refractivity contribution in [2.45, 2.75) is 39.2 Å². The van der Waals surface area contributed by atoms with Crippen LogP contribution < -0.4 is 5.32 Å². The molecule has 94 valence electrons. The summed E-state index contributed by atoms with van der Waals surface area (Å²) in [5, 5.41) is 3.80. The standard InChI is InChI=1S/C16H20N2/c1-16(2)14-8-10-9-17-7-3-4-12-11(10)5-6-13(18-14)15(12)16/h3-4,9-10,14,18H,5-8H2,1-2H3. The van der Waals surface area contributed by atoms with Crippen molar-refractivity contribution < 1.29 is 0 Å². The summed E-state index contributed by atoms with van der Waals surface area (Å²) >= 11 is 0. The second-order valence-corrected chi connectivity index (χ2v) is 6.47. The minimum atomic E-state index is 0.271. The van der Waals surface area contributed by atoms with Crippen LogP contribution in [0.1, 0.15) is 33.1 Å². The molecule has 2 aliphatic carbocycles. The normalized spacial score (nSPS) is 35.4. The molecule has 2 heteroatoms. The van der Waals surface area contributed by atoms with Gasteiger partial charge in [-0.15, -0.1) is 0 Å². The van der Waals surface area contributed by atoms with Gasteiger partial charge in [-0.1, -0.05) is 31.6 Å². The Bertz CT molecular complexity index is 531. The molecule has 4 aliphatic rings. The number of hydrogen-bond donors (Lipinski definition) is 1. The van der Waals surface area contributed by atoms with E-state index < -0.39 is 0 Å². The summed E-state index contributed by atoms with van der Waals surface area (Å²) in [5.41, 5.74) is 6.57. The van der Waals surface area contributed by atoms with Crippen molar-refractivity contribution in [3.05, 3.63) is 34.6 Å². The second kappa shape index (κ2) is 3.37. The first-order valence-corrected chi connectivity index (χ1v) is 7.08. The Kier molecular flexibility index (Phi) is 1.98. The van der Waals surface area contributed by atoms with Crippen LogP contribution in [-0.2, 0) is 0 Å². The fourth-order valence-corrected chi connectivity index (χ4v) is 4.18. The van der Waals surface area contributed by atoms with E-state index >= 15 is 0 Å². The smallest absolute Gasteiger partial charge is 0.0569 e. The fourth-order valence-electron chi connectivity index (χ4n) is 4.18. The highest BCUT2D eigenvalue weighted by atomic mass is 15.0. The van der Waals surface area contributed by atoms with Gasteiger partial charge in [-0.25, -0.2) is 0 Å². The lowest BCUT2D eigenvalue weighted by molar-refractivity contribution is 0.323. The average Bonchev–Trinajstić information content (AvgIpc) is 2.48. The van der Waals surface area contributed by atoms with Gasteiger partial charge in [0.1, 0.15) is 0 Å².